The average Bonchev–Trinajstić information content (AvgIpc) is 2.39. The minimum Gasteiger partial charge on any atom is -0.496 e. The summed E-state index contributed by atoms with van der Waals surface area (Å²) in [4.78, 5) is 11.9. The third-order valence-electron chi connectivity index (χ3n) is 5.15. The number of hydrogen-bond acceptors (Lipinski definition) is 2. The number of aryl methyl sites for hydroxylation is 1. The van der Waals surface area contributed by atoms with Gasteiger partial charge in [0.25, 0.3) is 0 Å². The monoisotopic (exact) mass is 274 g/mol. The number of carboxylic acids is 1. The molecule has 1 aromatic rings. The highest BCUT2D eigenvalue weighted by molar-refractivity contribution is 5.85. The normalized spacial score (nSPS) is 19.9. The topological polar surface area (TPSA) is 46.5 Å². The van der Waals surface area contributed by atoms with Crippen LogP contribution in [0.3, 0.4) is 0 Å². The Kier molecular flexibility index (Phi) is 3.23. The molecule has 2 aliphatic rings. The second-order valence-corrected chi connectivity index (χ2v) is 6.18. The van der Waals surface area contributed by atoms with Crippen molar-refractivity contribution in [2.75, 3.05) is 7.11 Å². The van der Waals surface area contributed by atoms with Gasteiger partial charge >= 0.3 is 5.97 Å². The number of ether oxygens (including phenoxy) is 1. The van der Waals surface area contributed by atoms with Gasteiger partial charge in [-0.1, -0.05) is 6.42 Å². The van der Waals surface area contributed by atoms with Crippen LogP contribution in [0.5, 0.6) is 5.75 Å². The van der Waals surface area contributed by atoms with E-state index in [9.17, 15) is 9.90 Å². The lowest BCUT2D eigenvalue weighted by atomic mass is 9.61. The van der Waals surface area contributed by atoms with E-state index >= 15 is 0 Å². The Morgan fingerprint density at radius 3 is 2.35 bits per heavy atom. The lowest BCUT2D eigenvalue weighted by Gasteiger charge is -2.41. The average molecular weight is 274 g/mol. The van der Waals surface area contributed by atoms with Gasteiger partial charge in [-0.2, -0.15) is 0 Å². The maximum absolute atomic E-state index is 11.9. The molecule has 0 saturated heterocycles. The molecular formula is C17H22O3. The van der Waals surface area contributed by atoms with E-state index in [4.69, 9.17) is 4.74 Å². The lowest BCUT2D eigenvalue weighted by molar-refractivity contribution is -0.147. The molecular weight excluding hydrogens is 252 g/mol. The number of hydrogen-bond donors (Lipinski definition) is 1. The molecule has 2 aliphatic carbocycles. The van der Waals surface area contributed by atoms with Crippen LogP contribution in [0.15, 0.2) is 6.07 Å². The number of benzene rings is 1. The maximum atomic E-state index is 11.9. The fourth-order valence-electron chi connectivity index (χ4n) is 3.91. The van der Waals surface area contributed by atoms with E-state index in [0.717, 1.165) is 49.8 Å². The van der Waals surface area contributed by atoms with Gasteiger partial charge in [-0.05, 0) is 68.2 Å². The zero-order chi connectivity index (χ0) is 14.3. The molecule has 3 heteroatoms. The highest BCUT2D eigenvalue weighted by atomic mass is 16.5. The Labute approximate surface area is 120 Å². The van der Waals surface area contributed by atoms with Gasteiger partial charge in [-0.3, -0.25) is 4.79 Å². The van der Waals surface area contributed by atoms with Crippen LogP contribution in [0.4, 0.5) is 0 Å². The summed E-state index contributed by atoms with van der Waals surface area (Å²) in [7, 11) is 1.65. The number of methoxy groups -OCH3 is 1. The van der Waals surface area contributed by atoms with E-state index in [1.165, 1.54) is 23.1 Å². The molecule has 0 unspecified atom stereocenters. The van der Waals surface area contributed by atoms with E-state index in [-0.39, 0.29) is 0 Å². The molecule has 0 atom stereocenters. The first kappa shape index (κ1) is 13.5. The fraction of sp³-hybridized carbons (Fsp3) is 0.588. The summed E-state index contributed by atoms with van der Waals surface area (Å²) in [6, 6.07) is 2.04. The molecule has 0 aliphatic heterocycles. The highest BCUT2D eigenvalue weighted by Crippen LogP contribution is 2.51. The lowest BCUT2D eigenvalue weighted by Crippen LogP contribution is -2.43. The van der Waals surface area contributed by atoms with Gasteiger partial charge in [-0.25, -0.2) is 0 Å². The number of carboxylic acid groups (broad SMARTS) is 1. The number of carbonyl (C=O) groups is 1. The first-order chi connectivity index (χ1) is 9.60. The van der Waals surface area contributed by atoms with Crippen molar-refractivity contribution >= 4 is 5.97 Å². The standard InChI is InChI=1S/C17H22O3/c1-11-10-14(20-2)15(13-7-4-3-6-12(11)13)17(16(18)19)8-5-9-17/h10H,3-9H2,1-2H3,(H,18,19). The van der Waals surface area contributed by atoms with Crippen molar-refractivity contribution in [3.8, 4) is 5.75 Å². The second kappa shape index (κ2) is 4.80. The Hall–Kier alpha value is -1.51. The van der Waals surface area contributed by atoms with E-state index in [1.54, 1.807) is 7.11 Å². The molecule has 0 radical (unpaired) electrons. The van der Waals surface area contributed by atoms with Crippen LogP contribution in [0, 0.1) is 6.92 Å². The molecule has 0 amide bonds. The van der Waals surface area contributed by atoms with Gasteiger partial charge in [0.1, 0.15) is 5.75 Å². The van der Waals surface area contributed by atoms with E-state index in [1.807, 2.05) is 6.07 Å². The van der Waals surface area contributed by atoms with E-state index in [0.29, 0.717) is 0 Å². The molecule has 1 N–H and O–H groups in total. The summed E-state index contributed by atoms with van der Waals surface area (Å²) in [6.07, 6.45) is 6.92. The number of fused-ring (bicyclic) bond motifs is 1. The third kappa shape index (κ3) is 1.75. The Bertz CT molecular complexity index is 556. The Balaban J connectivity index is 2.25. The van der Waals surface area contributed by atoms with Crippen molar-refractivity contribution in [2.24, 2.45) is 0 Å². The summed E-state index contributed by atoms with van der Waals surface area (Å²) in [5, 5.41) is 9.77. The largest absolute Gasteiger partial charge is 0.496 e. The van der Waals surface area contributed by atoms with Gasteiger partial charge in [0.2, 0.25) is 0 Å². The molecule has 3 nitrogen and oxygen atoms in total. The predicted molar refractivity (Wildman–Crippen MR) is 77.5 cm³/mol. The smallest absolute Gasteiger partial charge is 0.314 e. The minimum atomic E-state index is -0.694. The van der Waals surface area contributed by atoms with E-state index in [2.05, 4.69) is 6.92 Å². The van der Waals surface area contributed by atoms with E-state index < -0.39 is 11.4 Å². The van der Waals surface area contributed by atoms with Crippen molar-refractivity contribution in [1.82, 2.24) is 0 Å². The molecule has 1 fully saturated rings. The quantitative estimate of drug-likeness (QED) is 0.919. The molecule has 0 spiro atoms. The Morgan fingerprint density at radius 1 is 1.20 bits per heavy atom. The van der Waals surface area contributed by atoms with Gasteiger partial charge in [-0.15, -0.1) is 0 Å². The first-order valence-electron chi connectivity index (χ1n) is 7.53. The predicted octanol–water partition coefficient (Wildman–Crippen LogP) is 3.39. The maximum Gasteiger partial charge on any atom is 0.314 e. The molecule has 20 heavy (non-hydrogen) atoms. The molecule has 1 saturated carbocycles. The first-order valence-corrected chi connectivity index (χ1v) is 7.53. The van der Waals surface area contributed by atoms with Crippen LogP contribution in [0.2, 0.25) is 0 Å². The molecule has 1 aromatic carbocycles. The molecule has 0 heterocycles. The van der Waals surface area contributed by atoms with Crippen LogP contribution in [-0.4, -0.2) is 18.2 Å². The van der Waals surface area contributed by atoms with Crippen LogP contribution in [0.1, 0.15) is 54.4 Å². The van der Waals surface area contributed by atoms with Crippen molar-refractivity contribution < 1.29 is 14.6 Å². The summed E-state index contributed by atoms with van der Waals surface area (Å²) >= 11 is 0. The number of rotatable bonds is 3. The summed E-state index contributed by atoms with van der Waals surface area (Å²) in [6.45, 7) is 2.12. The van der Waals surface area contributed by atoms with Crippen molar-refractivity contribution in [1.29, 1.82) is 0 Å². The summed E-state index contributed by atoms with van der Waals surface area (Å²) < 4.78 is 5.56. The van der Waals surface area contributed by atoms with Gasteiger partial charge in [0, 0.05) is 5.56 Å². The zero-order valence-electron chi connectivity index (χ0n) is 12.3. The molecule has 0 aromatic heterocycles. The summed E-state index contributed by atoms with van der Waals surface area (Å²) in [5.74, 6) is 0.101. The van der Waals surface area contributed by atoms with Crippen LogP contribution >= 0.6 is 0 Å². The molecule has 108 valence electrons. The fourth-order valence-corrected chi connectivity index (χ4v) is 3.91. The summed E-state index contributed by atoms with van der Waals surface area (Å²) in [5.41, 5.74) is 4.19. The SMILES string of the molecule is COc1cc(C)c2c(c1C1(C(=O)O)CCC1)CCCC2. The van der Waals surface area contributed by atoms with Gasteiger partial charge < -0.3 is 9.84 Å². The van der Waals surface area contributed by atoms with Gasteiger partial charge in [0.15, 0.2) is 0 Å². The van der Waals surface area contributed by atoms with Crippen LogP contribution in [-0.2, 0) is 23.1 Å². The van der Waals surface area contributed by atoms with Crippen LogP contribution in [0.25, 0.3) is 0 Å². The molecule has 3 rings (SSSR count). The Morgan fingerprint density at radius 2 is 1.85 bits per heavy atom. The zero-order valence-corrected chi connectivity index (χ0v) is 12.3. The van der Waals surface area contributed by atoms with Crippen molar-refractivity contribution in [2.45, 2.75) is 57.3 Å². The van der Waals surface area contributed by atoms with Gasteiger partial charge in [0.05, 0.1) is 12.5 Å². The minimum absolute atomic E-state index is 0.682. The van der Waals surface area contributed by atoms with Crippen molar-refractivity contribution in [3.63, 3.8) is 0 Å². The van der Waals surface area contributed by atoms with Crippen molar-refractivity contribution in [3.05, 3.63) is 28.3 Å². The second-order valence-electron chi connectivity index (χ2n) is 6.18. The van der Waals surface area contributed by atoms with Crippen LogP contribution < -0.4 is 4.74 Å². The number of aliphatic carboxylic acids is 1. The molecule has 0 bridgehead atoms. The highest BCUT2D eigenvalue weighted by Gasteiger charge is 2.49. The third-order valence-corrected chi connectivity index (χ3v) is 5.15.